The first kappa shape index (κ1) is 26.7. The second-order valence-electron chi connectivity index (χ2n) is 7.05. The minimum absolute atomic E-state index is 0.0608. The summed E-state index contributed by atoms with van der Waals surface area (Å²) in [5.74, 6) is -2.65. The van der Waals surface area contributed by atoms with E-state index < -0.39 is 51.4 Å². The van der Waals surface area contributed by atoms with Crippen LogP contribution in [0.1, 0.15) is 21.6 Å². The van der Waals surface area contributed by atoms with Crippen molar-refractivity contribution in [2.75, 3.05) is 5.32 Å². The van der Waals surface area contributed by atoms with Gasteiger partial charge < -0.3 is 14.8 Å². The third-order valence-electron chi connectivity index (χ3n) is 4.30. The number of hydrogen-bond acceptors (Lipinski definition) is 7. The molecule has 3 aromatic rings. The van der Waals surface area contributed by atoms with Crippen molar-refractivity contribution in [2.45, 2.75) is 24.4 Å². The number of alkyl halides is 6. The highest BCUT2D eigenvalue weighted by Gasteiger charge is 2.35. The molecule has 192 valence electrons. The number of carbonyl (C=O) groups excluding carboxylic acids is 1. The Morgan fingerprint density at radius 3 is 2.28 bits per heavy atom. The van der Waals surface area contributed by atoms with Gasteiger partial charge in [-0.05, 0) is 55.0 Å². The fourth-order valence-electron chi connectivity index (χ4n) is 2.74. The van der Waals surface area contributed by atoms with Gasteiger partial charge in [0, 0.05) is 5.69 Å². The zero-order chi connectivity index (χ0) is 26.9. The highest BCUT2D eigenvalue weighted by atomic mass is 32.2. The van der Waals surface area contributed by atoms with Crippen LogP contribution in [-0.2, 0) is 16.2 Å². The normalized spacial score (nSPS) is 12.2. The Morgan fingerprint density at radius 2 is 1.69 bits per heavy atom. The predicted molar refractivity (Wildman–Crippen MR) is 111 cm³/mol. The van der Waals surface area contributed by atoms with Crippen molar-refractivity contribution in [3.63, 3.8) is 0 Å². The van der Waals surface area contributed by atoms with E-state index in [9.17, 15) is 39.6 Å². The van der Waals surface area contributed by atoms with E-state index in [1.165, 1.54) is 19.1 Å². The molecule has 0 aliphatic heterocycles. The Morgan fingerprint density at radius 1 is 1.00 bits per heavy atom. The Labute approximate surface area is 198 Å². The minimum Gasteiger partial charge on any atom is -0.437 e. The summed E-state index contributed by atoms with van der Waals surface area (Å²) in [6, 6.07) is 7.76. The van der Waals surface area contributed by atoms with Crippen LogP contribution >= 0.6 is 0 Å². The van der Waals surface area contributed by atoms with E-state index in [1.807, 2.05) is 0 Å². The van der Waals surface area contributed by atoms with Crippen molar-refractivity contribution in [3.8, 4) is 17.4 Å². The lowest BCUT2D eigenvalue weighted by Crippen LogP contribution is -2.18. The summed E-state index contributed by atoms with van der Waals surface area (Å²) in [5.41, 5.74) is -2.37. The predicted octanol–water partition coefficient (Wildman–Crippen LogP) is 4.39. The highest BCUT2D eigenvalue weighted by molar-refractivity contribution is 7.89. The fraction of sp³-hybridized carbons (Fsp3) is 0.150. The lowest BCUT2D eigenvalue weighted by Gasteiger charge is -2.15. The van der Waals surface area contributed by atoms with E-state index in [-0.39, 0.29) is 21.9 Å². The number of primary sulfonamides is 1. The molecular weight excluding hydrogens is 522 g/mol. The Balaban J connectivity index is 1.97. The van der Waals surface area contributed by atoms with E-state index in [0.29, 0.717) is 6.07 Å². The SMILES string of the molecule is Cc1cc(OC(F)(F)F)ccc1Oc1nnc(C(F)(F)F)cc1C(=O)Nc1cccc(S(N)(=O)=O)c1. The summed E-state index contributed by atoms with van der Waals surface area (Å²) in [6.45, 7) is 1.31. The molecular formula is C20H14F6N4O5S. The van der Waals surface area contributed by atoms with Crippen LogP contribution in [0, 0.1) is 6.92 Å². The van der Waals surface area contributed by atoms with Crippen LogP contribution in [0.2, 0.25) is 0 Å². The number of halogens is 6. The summed E-state index contributed by atoms with van der Waals surface area (Å²) >= 11 is 0. The minimum atomic E-state index is -4.99. The average molecular weight is 536 g/mol. The van der Waals surface area contributed by atoms with Gasteiger partial charge in [-0.15, -0.1) is 23.4 Å². The van der Waals surface area contributed by atoms with Gasteiger partial charge in [0.25, 0.3) is 11.8 Å². The second kappa shape index (κ2) is 9.62. The molecule has 2 aromatic carbocycles. The fourth-order valence-corrected chi connectivity index (χ4v) is 3.30. The van der Waals surface area contributed by atoms with Crippen molar-refractivity contribution in [3.05, 3.63) is 65.4 Å². The Kier molecular flexibility index (Phi) is 7.13. The maximum absolute atomic E-state index is 13.2. The van der Waals surface area contributed by atoms with Gasteiger partial charge in [0.05, 0.1) is 4.90 Å². The number of aryl methyl sites for hydroxylation is 1. The van der Waals surface area contributed by atoms with Crippen molar-refractivity contribution in [2.24, 2.45) is 5.14 Å². The van der Waals surface area contributed by atoms with Crippen LogP contribution in [0.25, 0.3) is 0 Å². The van der Waals surface area contributed by atoms with Crippen LogP contribution in [0.4, 0.5) is 32.0 Å². The van der Waals surface area contributed by atoms with E-state index in [1.54, 1.807) is 0 Å². The molecule has 1 heterocycles. The topological polar surface area (TPSA) is 134 Å². The molecule has 0 spiro atoms. The number of rotatable bonds is 6. The monoisotopic (exact) mass is 536 g/mol. The van der Waals surface area contributed by atoms with Gasteiger partial charge in [-0.2, -0.15) is 13.2 Å². The first-order chi connectivity index (χ1) is 16.5. The third kappa shape index (κ3) is 6.82. The third-order valence-corrected chi connectivity index (χ3v) is 5.21. The van der Waals surface area contributed by atoms with Crippen LogP contribution < -0.4 is 19.9 Å². The molecule has 0 saturated carbocycles. The molecule has 0 saturated heterocycles. The Hall–Kier alpha value is -3.92. The molecule has 9 nitrogen and oxygen atoms in total. The summed E-state index contributed by atoms with van der Waals surface area (Å²) in [7, 11) is -4.15. The maximum atomic E-state index is 13.2. The quantitative estimate of drug-likeness (QED) is 0.446. The number of nitrogens with two attached hydrogens (primary N) is 1. The number of aromatic nitrogens is 2. The van der Waals surface area contributed by atoms with Gasteiger partial charge in [-0.3, -0.25) is 4.79 Å². The van der Waals surface area contributed by atoms with Gasteiger partial charge in [0.1, 0.15) is 17.1 Å². The van der Waals surface area contributed by atoms with E-state index >= 15 is 0 Å². The lowest BCUT2D eigenvalue weighted by atomic mass is 10.2. The van der Waals surface area contributed by atoms with Crippen LogP contribution in [0.3, 0.4) is 0 Å². The number of ether oxygens (including phenoxy) is 2. The molecule has 1 amide bonds. The number of anilines is 1. The standard InChI is InChI=1S/C20H14F6N4O5S/c1-10-7-12(35-20(24,25)26)5-6-15(10)34-18-14(9-16(29-30-18)19(21,22)23)17(31)28-11-3-2-4-13(8-11)36(27,32)33/h2-9H,1H3,(H,28,31)(H2,27,32,33). The summed E-state index contributed by atoms with van der Waals surface area (Å²) < 4.78 is 109. The molecule has 0 fully saturated rings. The smallest absolute Gasteiger partial charge is 0.437 e. The van der Waals surface area contributed by atoms with Crippen molar-refractivity contribution in [1.82, 2.24) is 10.2 Å². The van der Waals surface area contributed by atoms with Crippen molar-refractivity contribution in [1.29, 1.82) is 0 Å². The zero-order valence-electron chi connectivity index (χ0n) is 17.8. The van der Waals surface area contributed by atoms with Crippen molar-refractivity contribution >= 4 is 21.6 Å². The molecule has 3 rings (SSSR count). The van der Waals surface area contributed by atoms with Crippen LogP contribution in [0.15, 0.2) is 53.4 Å². The van der Waals surface area contributed by atoms with Gasteiger partial charge in [0.15, 0.2) is 5.69 Å². The van der Waals surface area contributed by atoms with Gasteiger partial charge in [-0.25, -0.2) is 13.6 Å². The molecule has 1 aromatic heterocycles. The number of hydrogen-bond donors (Lipinski definition) is 2. The highest BCUT2D eigenvalue weighted by Crippen LogP contribution is 2.34. The van der Waals surface area contributed by atoms with Crippen molar-refractivity contribution < 1.29 is 49.0 Å². The van der Waals surface area contributed by atoms with Gasteiger partial charge >= 0.3 is 12.5 Å². The number of benzene rings is 2. The van der Waals surface area contributed by atoms with E-state index in [2.05, 4.69) is 20.3 Å². The molecule has 0 bridgehead atoms. The summed E-state index contributed by atoms with van der Waals surface area (Å²) in [4.78, 5) is 12.4. The molecule has 16 heteroatoms. The molecule has 0 radical (unpaired) electrons. The molecule has 3 N–H and O–H groups in total. The molecule has 36 heavy (non-hydrogen) atoms. The maximum Gasteiger partial charge on any atom is 0.573 e. The number of nitrogens with one attached hydrogen (secondary N) is 1. The lowest BCUT2D eigenvalue weighted by molar-refractivity contribution is -0.274. The van der Waals surface area contributed by atoms with E-state index in [0.717, 1.165) is 30.3 Å². The number of nitrogens with zero attached hydrogens (tertiary/aromatic N) is 2. The Bertz CT molecular complexity index is 1410. The average Bonchev–Trinajstić information content (AvgIpc) is 2.73. The van der Waals surface area contributed by atoms with E-state index in [4.69, 9.17) is 9.88 Å². The summed E-state index contributed by atoms with van der Waals surface area (Å²) in [6.07, 6.45) is -9.94. The van der Waals surface area contributed by atoms with Gasteiger partial charge in [-0.1, -0.05) is 6.07 Å². The largest absolute Gasteiger partial charge is 0.573 e. The second-order valence-corrected chi connectivity index (χ2v) is 8.61. The number of amides is 1. The number of carbonyl (C=O) groups is 1. The zero-order valence-corrected chi connectivity index (χ0v) is 18.6. The molecule has 0 aliphatic rings. The molecule has 0 unspecified atom stereocenters. The van der Waals surface area contributed by atoms with Gasteiger partial charge in [0.2, 0.25) is 10.0 Å². The molecule has 0 aliphatic carbocycles. The first-order valence-corrected chi connectivity index (χ1v) is 11.0. The number of sulfonamides is 1. The first-order valence-electron chi connectivity index (χ1n) is 9.46. The molecule has 0 atom stereocenters. The summed E-state index contributed by atoms with van der Waals surface area (Å²) in [5, 5.41) is 13.5. The van der Waals surface area contributed by atoms with Crippen LogP contribution in [-0.4, -0.2) is 30.9 Å². The van der Waals surface area contributed by atoms with Crippen LogP contribution in [0.5, 0.6) is 17.4 Å².